The molecule has 28 heavy (non-hydrogen) atoms. The van der Waals surface area contributed by atoms with Gasteiger partial charge in [-0.2, -0.15) is 0 Å². The zero-order chi connectivity index (χ0) is 19.5. The van der Waals surface area contributed by atoms with Crippen LogP contribution in [-0.4, -0.2) is 21.8 Å². The topological polar surface area (TPSA) is 58.4 Å². The van der Waals surface area contributed by atoms with Gasteiger partial charge in [0.1, 0.15) is 12.3 Å². The van der Waals surface area contributed by atoms with E-state index in [1.165, 1.54) is 50.1 Å². The van der Waals surface area contributed by atoms with E-state index in [-0.39, 0.29) is 18.0 Å². The Morgan fingerprint density at radius 1 is 1.36 bits per heavy atom. The molecule has 1 saturated carbocycles. The van der Waals surface area contributed by atoms with Crippen molar-refractivity contribution < 1.29 is 9.21 Å². The molecule has 5 heteroatoms. The highest BCUT2D eigenvalue weighted by atomic mass is 16.4. The number of nitrogens with zero attached hydrogens (tertiary/aromatic N) is 2. The van der Waals surface area contributed by atoms with Gasteiger partial charge in [0.15, 0.2) is 0 Å². The van der Waals surface area contributed by atoms with Crippen LogP contribution >= 0.6 is 0 Å². The molecule has 2 aromatic rings. The number of carbonyl (C=O) groups is 1. The Balaban J connectivity index is 1.60. The number of oxazole rings is 1. The number of aromatic nitrogens is 1. The lowest BCUT2D eigenvalue weighted by Crippen LogP contribution is -2.42. The SMILES string of the molecule is C=C1c2cc(C)ccc2C=CN1C(CC1CCCCC1)C(=O)Nc1ncco1. The van der Waals surface area contributed by atoms with Crippen LogP contribution in [0.5, 0.6) is 0 Å². The number of benzene rings is 1. The molecule has 4 rings (SSSR count). The predicted octanol–water partition coefficient (Wildman–Crippen LogP) is 5.22. The first-order valence-electron chi connectivity index (χ1n) is 10.1. The van der Waals surface area contributed by atoms with E-state index in [4.69, 9.17) is 4.42 Å². The molecule has 0 radical (unpaired) electrons. The number of aryl methyl sites for hydroxylation is 1. The second-order valence-electron chi connectivity index (χ2n) is 7.84. The molecular weight excluding hydrogens is 350 g/mol. The molecule has 146 valence electrons. The maximum Gasteiger partial charge on any atom is 0.301 e. The van der Waals surface area contributed by atoms with Crippen molar-refractivity contribution in [3.8, 4) is 0 Å². The standard InChI is InChI=1S/C23H27N3O2/c1-16-8-9-19-10-12-26(17(2)20(19)14-16)21(15-18-6-4-3-5-7-18)22(27)25-23-24-11-13-28-23/h8-14,18,21H,2-7,15H2,1H3,(H,24,25,27). The Morgan fingerprint density at radius 2 is 2.18 bits per heavy atom. The van der Waals surface area contributed by atoms with Gasteiger partial charge in [0.2, 0.25) is 0 Å². The molecule has 0 bridgehead atoms. The van der Waals surface area contributed by atoms with Gasteiger partial charge >= 0.3 is 6.01 Å². The number of anilines is 1. The molecular formula is C23H27N3O2. The minimum atomic E-state index is -0.340. The molecule has 1 atom stereocenters. The monoisotopic (exact) mass is 377 g/mol. The number of nitrogens with one attached hydrogen (secondary N) is 1. The molecule has 1 aliphatic heterocycles. The van der Waals surface area contributed by atoms with Gasteiger partial charge in [0, 0.05) is 17.5 Å². The number of carbonyl (C=O) groups excluding carboxylic acids is 1. The molecule has 1 aromatic heterocycles. The third-order valence-electron chi connectivity index (χ3n) is 5.83. The van der Waals surface area contributed by atoms with Crippen LogP contribution in [0.4, 0.5) is 6.01 Å². The summed E-state index contributed by atoms with van der Waals surface area (Å²) >= 11 is 0. The van der Waals surface area contributed by atoms with Crippen molar-refractivity contribution in [2.45, 2.75) is 51.5 Å². The summed E-state index contributed by atoms with van der Waals surface area (Å²) in [6, 6.07) is 6.24. The summed E-state index contributed by atoms with van der Waals surface area (Å²) in [5, 5.41) is 2.83. The molecule has 5 nitrogen and oxygen atoms in total. The van der Waals surface area contributed by atoms with Crippen molar-refractivity contribution in [2.75, 3.05) is 5.32 Å². The molecule has 1 amide bonds. The van der Waals surface area contributed by atoms with Crippen molar-refractivity contribution in [3.63, 3.8) is 0 Å². The van der Waals surface area contributed by atoms with Gasteiger partial charge < -0.3 is 9.32 Å². The molecule has 0 saturated heterocycles. The van der Waals surface area contributed by atoms with Gasteiger partial charge in [-0.15, -0.1) is 0 Å². The summed E-state index contributed by atoms with van der Waals surface area (Å²) < 4.78 is 5.23. The number of amides is 1. The normalized spacial score (nSPS) is 18.0. The van der Waals surface area contributed by atoms with Crippen LogP contribution in [0, 0.1) is 12.8 Å². The van der Waals surface area contributed by atoms with Crippen molar-refractivity contribution >= 4 is 23.7 Å². The minimum Gasteiger partial charge on any atom is -0.432 e. The number of fused-ring (bicyclic) bond motifs is 1. The maximum atomic E-state index is 13.2. The number of hydrogen-bond donors (Lipinski definition) is 1. The molecule has 1 aliphatic carbocycles. The third kappa shape index (κ3) is 3.88. The van der Waals surface area contributed by atoms with Crippen LogP contribution in [0.25, 0.3) is 11.8 Å². The molecule has 2 aliphatic rings. The summed E-state index contributed by atoms with van der Waals surface area (Å²) in [7, 11) is 0. The summed E-state index contributed by atoms with van der Waals surface area (Å²) in [4.78, 5) is 19.2. The first kappa shape index (κ1) is 18.5. The van der Waals surface area contributed by atoms with Crippen LogP contribution in [-0.2, 0) is 4.79 Å². The Morgan fingerprint density at radius 3 is 2.93 bits per heavy atom. The average molecular weight is 377 g/mol. The van der Waals surface area contributed by atoms with E-state index in [2.05, 4.69) is 48.1 Å². The van der Waals surface area contributed by atoms with E-state index in [0.29, 0.717) is 5.92 Å². The number of hydrogen-bond acceptors (Lipinski definition) is 4. The molecule has 1 aromatic carbocycles. The minimum absolute atomic E-state index is 0.102. The number of rotatable bonds is 5. The second kappa shape index (κ2) is 8.05. The largest absolute Gasteiger partial charge is 0.432 e. The van der Waals surface area contributed by atoms with Crippen molar-refractivity contribution in [2.24, 2.45) is 5.92 Å². The highest BCUT2D eigenvalue weighted by Gasteiger charge is 2.32. The van der Waals surface area contributed by atoms with Crippen LogP contribution < -0.4 is 5.32 Å². The van der Waals surface area contributed by atoms with E-state index in [0.717, 1.165) is 23.2 Å². The van der Waals surface area contributed by atoms with Gasteiger partial charge in [0.05, 0.1) is 6.20 Å². The molecule has 1 unspecified atom stereocenters. The summed E-state index contributed by atoms with van der Waals surface area (Å²) in [5.41, 5.74) is 4.27. The van der Waals surface area contributed by atoms with E-state index in [1.807, 2.05) is 11.1 Å². The lowest BCUT2D eigenvalue weighted by Gasteiger charge is -2.36. The maximum absolute atomic E-state index is 13.2. The summed E-state index contributed by atoms with van der Waals surface area (Å²) in [6.45, 7) is 6.40. The van der Waals surface area contributed by atoms with Gasteiger partial charge in [0.25, 0.3) is 5.91 Å². The van der Waals surface area contributed by atoms with Gasteiger partial charge in [-0.05, 0) is 37.0 Å². The van der Waals surface area contributed by atoms with Crippen molar-refractivity contribution in [1.82, 2.24) is 9.88 Å². The van der Waals surface area contributed by atoms with Gasteiger partial charge in [-0.3, -0.25) is 10.1 Å². The van der Waals surface area contributed by atoms with Crippen LogP contribution in [0.2, 0.25) is 0 Å². The first-order valence-corrected chi connectivity index (χ1v) is 10.1. The average Bonchev–Trinajstić information content (AvgIpc) is 3.21. The van der Waals surface area contributed by atoms with E-state index < -0.39 is 0 Å². The third-order valence-corrected chi connectivity index (χ3v) is 5.83. The fourth-order valence-electron chi connectivity index (χ4n) is 4.31. The molecule has 1 fully saturated rings. The highest BCUT2D eigenvalue weighted by molar-refractivity contribution is 5.95. The molecule has 0 spiro atoms. The lowest BCUT2D eigenvalue weighted by molar-refractivity contribution is -0.120. The van der Waals surface area contributed by atoms with E-state index in [9.17, 15) is 4.79 Å². The Bertz CT molecular complexity index is 879. The Labute approximate surface area is 166 Å². The predicted molar refractivity (Wildman–Crippen MR) is 111 cm³/mol. The fourth-order valence-corrected chi connectivity index (χ4v) is 4.31. The lowest BCUT2D eigenvalue weighted by atomic mass is 9.84. The smallest absolute Gasteiger partial charge is 0.301 e. The summed E-state index contributed by atoms with van der Waals surface area (Å²) in [5.74, 6) is 0.448. The Kier molecular flexibility index (Phi) is 5.33. The molecule has 1 N–H and O–H groups in total. The van der Waals surface area contributed by atoms with Crippen LogP contribution in [0.15, 0.2) is 47.9 Å². The van der Waals surface area contributed by atoms with E-state index in [1.54, 1.807) is 0 Å². The van der Waals surface area contributed by atoms with Crippen molar-refractivity contribution in [1.29, 1.82) is 0 Å². The summed E-state index contributed by atoms with van der Waals surface area (Å²) in [6.07, 6.45) is 14.0. The molecule has 2 heterocycles. The zero-order valence-electron chi connectivity index (χ0n) is 16.4. The highest BCUT2D eigenvalue weighted by Crippen LogP contribution is 2.35. The second-order valence-corrected chi connectivity index (χ2v) is 7.84. The van der Waals surface area contributed by atoms with Crippen LogP contribution in [0.3, 0.4) is 0 Å². The quantitative estimate of drug-likeness (QED) is 0.776. The van der Waals surface area contributed by atoms with Crippen molar-refractivity contribution in [3.05, 3.63) is 60.1 Å². The first-order chi connectivity index (χ1) is 13.6. The van der Waals surface area contributed by atoms with Gasteiger partial charge in [-0.25, -0.2) is 4.98 Å². The van der Waals surface area contributed by atoms with Gasteiger partial charge in [-0.1, -0.05) is 56.4 Å². The Hall–Kier alpha value is -2.82. The van der Waals surface area contributed by atoms with E-state index >= 15 is 0 Å². The zero-order valence-corrected chi connectivity index (χ0v) is 16.4. The van der Waals surface area contributed by atoms with Crippen LogP contribution in [0.1, 0.15) is 55.2 Å². The fraction of sp³-hybridized carbons (Fsp3) is 0.391.